The van der Waals surface area contributed by atoms with Gasteiger partial charge in [-0.25, -0.2) is 4.68 Å². The van der Waals surface area contributed by atoms with E-state index in [0.29, 0.717) is 16.5 Å². The van der Waals surface area contributed by atoms with Gasteiger partial charge < -0.3 is 5.11 Å². The molecule has 0 spiro atoms. The first kappa shape index (κ1) is 22.8. The van der Waals surface area contributed by atoms with E-state index in [1.54, 1.807) is 6.07 Å². The quantitative estimate of drug-likeness (QED) is 0.458. The molecule has 1 saturated carbocycles. The molecular weight excluding hydrogens is 433 g/mol. The Balaban J connectivity index is 1.46. The molecule has 1 aliphatic carbocycles. The Morgan fingerprint density at radius 3 is 2.36 bits per heavy atom. The van der Waals surface area contributed by atoms with Crippen molar-refractivity contribution in [3.63, 3.8) is 0 Å². The van der Waals surface area contributed by atoms with Gasteiger partial charge in [0.25, 0.3) is 0 Å². The van der Waals surface area contributed by atoms with Crippen molar-refractivity contribution in [2.24, 2.45) is 13.0 Å². The van der Waals surface area contributed by atoms with Crippen molar-refractivity contribution in [3.05, 3.63) is 60.2 Å². The van der Waals surface area contributed by atoms with E-state index in [1.165, 1.54) is 24.9 Å². The molecule has 174 valence electrons. The summed E-state index contributed by atoms with van der Waals surface area (Å²) in [6, 6.07) is 12.2. The van der Waals surface area contributed by atoms with Gasteiger partial charge in [0, 0.05) is 25.1 Å². The minimum absolute atomic E-state index is 0.0699. The molecule has 0 unspecified atom stereocenters. The molecule has 0 radical (unpaired) electrons. The summed E-state index contributed by atoms with van der Waals surface area (Å²) in [5.74, 6) is -0.960. The highest BCUT2D eigenvalue weighted by Crippen LogP contribution is 2.37. The maximum absolute atomic E-state index is 13.7. The standard InChI is InChI=1S/C24H25F3N4O2/c1-30-22(13-21(25)29-30)31(24(26)27)19-10-11-20(28-14-19)18-8-6-17(7-9-18)16-4-2-15(3-5-16)12-23(32)33/h6-11,13-16,24H,2-5,12H2,1H3,(H,32,33). The number of rotatable bonds is 7. The minimum Gasteiger partial charge on any atom is -0.481 e. The summed E-state index contributed by atoms with van der Waals surface area (Å²) < 4.78 is 41.9. The third-order valence-electron chi connectivity index (χ3n) is 6.28. The fourth-order valence-electron chi connectivity index (χ4n) is 4.57. The number of pyridine rings is 1. The summed E-state index contributed by atoms with van der Waals surface area (Å²) in [5.41, 5.74) is 2.85. The summed E-state index contributed by atoms with van der Waals surface area (Å²) >= 11 is 0. The van der Waals surface area contributed by atoms with Gasteiger partial charge in [-0.1, -0.05) is 24.3 Å². The van der Waals surface area contributed by atoms with Crippen molar-refractivity contribution in [1.82, 2.24) is 14.8 Å². The van der Waals surface area contributed by atoms with Gasteiger partial charge in [0.15, 0.2) is 0 Å². The van der Waals surface area contributed by atoms with E-state index in [9.17, 15) is 18.0 Å². The smallest absolute Gasteiger partial charge is 0.320 e. The molecule has 9 heteroatoms. The summed E-state index contributed by atoms with van der Waals surface area (Å²) in [6.45, 7) is -2.89. The second kappa shape index (κ2) is 9.64. The third kappa shape index (κ3) is 5.18. The van der Waals surface area contributed by atoms with Crippen molar-refractivity contribution in [2.75, 3.05) is 4.90 Å². The highest BCUT2D eigenvalue weighted by molar-refractivity contribution is 5.67. The van der Waals surface area contributed by atoms with Gasteiger partial charge >= 0.3 is 12.5 Å². The number of alkyl halides is 2. The van der Waals surface area contributed by atoms with Gasteiger partial charge in [0.05, 0.1) is 17.6 Å². The summed E-state index contributed by atoms with van der Waals surface area (Å²) in [4.78, 5) is 15.9. The lowest BCUT2D eigenvalue weighted by Gasteiger charge is -2.28. The van der Waals surface area contributed by atoms with Gasteiger partial charge in [-0.05, 0) is 55.2 Å². The van der Waals surface area contributed by atoms with Crippen molar-refractivity contribution in [1.29, 1.82) is 0 Å². The second-order valence-electron chi connectivity index (χ2n) is 8.44. The van der Waals surface area contributed by atoms with Crippen LogP contribution in [-0.2, 0) is 11.8 Å². The number of aryl methyl sites for hydroxylation is 1. The molecule has 6 nitrogen and oxygen atoms in total. The minimum atomic E-state index is -2.89. The Morgan fingerprint density at radius 2 is 1.85 bits per heavy atom. The lowest BCUT2D eigenvalue weighted by Crippen LogP contribution is -2.25. The van der Waals surface area contributed by atoms with Crippen molar-refractivity contribution in [3.8, 4) is 11.3 Å². The van der Waals surface area contributed by atoms with Gasteiger partial charge in [0.1, 0.15) is 5.82 Å². The molecular formula is C24H25F3N4O2. The molecule has 1 fully saturated rings. The molecule has 1 aliphatic rings. The summed E-state index contributed by atoms with van der Waals surface area (Å²) in [7, 11) is 1.40. The predicted octanol–water partition coefficient (Wildman–Crippen LogP) is 5.73. The van der Waals surface area contributed by atoms with E-state index in [-0.39, 0.29) is 23.8 Å². The van der Waals surface area contributed by atoms with Gasteiger partial charge in [-0.2, -0.15) is 13.2 Å². The summed E-state index contributed by atoms with van der Waals surface area (Å²) in [5, 5.41) is 12.5. The predicted molar refractivity (Wildman–Crippen MR) is 118 cm³/mol. The highest BCUT2D eigenvalue weighted by Gasteiger charge is 2.25. The number of carbonyl (C=O) groups is 1. The van der Waals surface area contributed by atoms with E-state index in [0.717, 1.165) is 42.0 Å². The molecule has 2 heterocycles. The zero-order valence-electron chi connectivity index (χ0n) is 18.2. The molecule has 1 aromatic carbocycles. The van der Waals surface area contributed by atoms with E-state index >= 15 is 0 Å². The van der Waals surface area contributed by atoms with Crippen LogP contribution in [0.25, 0.3) is 11.3 Å². The van der Waals surface area contributed by atoms with Crippen LogP contribution in [0.1, 0.15) is 43.6 Å². The van der Waals surface area contributed by atoms with E-state index in [2.05, 4.69) is 22.2 Å². The van der Waals surface area contributed by atoms with Crippen LogP contribution in [0.15, 0.2) is 48.7 Å². The first-order valence-electron chi connectivity index (χ1n) is 10.9. The lowest BCUT2D eigenvalue weighted by molar-refractivity contribution is -0.138. The van der Waals surface area contributed by atoms with Gasteiger partial charge in [0.2, 0.25) is 5.95 Å². The number of nitrogens with zero attached hydrogens (tertiary/aromatic N) is 4. The van der Waals surface area contributed by atoms with Crippen LogP contribution in [-0.4, -0.2) is 32.4 Å². The summed E-state index contributed by atoms with van der Waals surface area (Å²) in [6.07, 6.45) is 5.37. The number of aromatic nitrogens is 3. The highest BCUT2D eigenvalue weighted by atomic mass is 19.3. The van der Waals surface area contributed by atoms with Crippen molar-refractivity contribution < 1.29 is 23.1 Å². The Hall–Kier alpha value is -3.36. The maximum Gasteiger partial charge on any atom is 0.320 e. The monoisotopic (exact) mass is 458 g/mol. The topological polar surface area (TPSA) is 71.2 Å². The maximum atomic E-state index is 13.7. The Labute approximate surface area is 189 Å². The molecule has 0 amide bonds. The number of aliphatic carboxylic acids is 1. The Kier molecular flexibility index (Phi) is 6.67. The van der Waals surface area contributed by atoms with Crippen molar-refractivity contribution in [2.45, 2.75) is 44.6 Å². The molecule has 0 atom stereocenters. The number of anilines is 2. The SMILES string of the molecule is Cn1nc(F)cc1N(c1ccc(-c2ccc(C3CCC(CC(=O)O)CC3)cc2)nc1)C(F)F. The molecule has 2 aromatic heterocycles. The van der Waals surface area contributed by atoms with Crippen LogP contribution >= 0.6 is 0 Å². The number of hydrogen-bond acceptors (Lipinski definition) is 4. The fraction of sp³-hybridized carbons (Fsp3) is 0.375. The van der Waals surface area contributed by atoms with Gasteiger partial charge in [-0.3, -0.25) is 14.7 Å². The molecule has 4 rings (SSSR count). The van der Waals surface area contributed by atoms with Crippen LogP contribution in [0.5, 0.6) is 0 Å². The number of hydrogen-bond donors (Lipinski definition) is 1. The normalized spacial score (nSPS) is 18.5. The molecule has 0 saturated heterocycles. The van der Waals surface area contributed by atoms with Crippen LogP contribution in [0, 0.1) is 11.9 Å². The Morgan fingerprint density at radius 1 is 1.15 bits per heavy atom. The van der Waals surface area contributed by atoms with E-state index in [1.807, 2.05) is 12.1 Å². The van der Waals surface area contributed by atoms with Crippen molar-refractivity contribution >= 4 is 17.5 Å². The van der Waals surface area contributed by atoms with Crippen LogP contribution in [0.3, 0.4) is 0 Å². The number of benzene rings is 1. The zero-order valence-corrected chi connectivity index (χ0v) is 18.2. The number of halogens is 3. The fourth-order valence-corrected chi connectivity index (χ4v) is 4.57. The van der Waals surface area contributed by atoms with Gasteiger partial charge in [-0.15, -0.1) is 5.10 Å². The Bertz CT molecular complexity index is 1090. The molecule has 33 heavy (non-hydrogen) atoms. The second-order valence-corrected chi connectivity index (χ2v) is 8.44. The van der Waals surface area contributed by atoms with Crippen LogP contribution in [0.2, 0.25) is 0 Å². The molecule has 1 N–H and O–H groups in total. The molecule has 0 bridgehead atoms. The first-order chi connectivity index (χ1) is 15.8. The third-order valence-corrected chi connectivity index (χ3v) is 6.28. The first-order valence-corrected chi connectivity index (χ1v) is 10.9. The average molecular weight is 458 g/mol. The van der Waals surface area contributed by atoms with E-state index < -0.39 is 18.5 Å². The lowest BCUT2D eigenvalue weighted by atomic mass is 9.77. The number of carboxylic acid groups (broad SMARTS) is 1. The van der Waals surface area contributed by atoms with Crippen LogP contribution in [0.4, 0.5) is 24.7 Å². The van der Waals surface area contributed by atoms with Crippen LogP contribution < -0.4 is 4.90 Å². The average Bonchev–Trinajstić information content (AvgIpc) is 3.12. The molecule has 0 aliphatic heterocycles. The zero-order chi connectivity index (χ0) is 23.5. The number of carboxylic acids is 1. The largest absolute Gasteiger partial charge is 0.481 e. The molecule has 3 aromatic rings. The van der Waals surface area contributed by atoms with E-state index in [4.69, 9.17) is 5.11 Å².